The van der Waals surface area contributed by atoms with Gasteiger partial charge >= 0.3 is 0 Å². The number of methoxy groups -OCH3 is 2. The van der Waals surface area contributed by atoms with E-state index in [0.717, 1.165) is 52.4 Å². The second kappa shape index (κ2) is 11.5. The molecule has 4 nitrogen and oxygen atoms in total. The van der Waals surface area contributed by atoms with Gasteiger partial charge < -0.3 is 19.7 Å². The van der Waals surface area contributed by atoms with Crippen LogP contribution in [-0.4, -0.2) is 65.1 Å². The summed E-state index contributed by atoms with van der Waals surface area (Å²) in [4.78, 5) is 2.49. The summed E-state index contributed by atoms with van der Waals surface area (Å²) in [7, 11) is 3.53. The minimum absolute atomic E-state index is 0.274. The first-order valence-corrected chi connectivity index (χ1v) is 7.82. The largest absolute Gasteiger partial charge is 0.385 e. The molecule has 0 aliphatic rings. The summed E-state index contributed by atoms with van der Waals surface area (Å²) in [6, 6.07) is 0. The van der Waals surface area contributed by atoms with Crippen molar-refractivity contribution >= 4 is 0 Å². The van der Waals surface area contributed by atoms with Gasteiger partial charge in [-0.3, -0.25) is 0 Å². The molecule has 0 aromatic carbocycles. The van der Waals surface area contributed by atoms with Gasteiger partial charge in [0.15, 0.2) is 0 Å². The Morgan fingerprint density at radius 2 is 1.70 bits per heavy atom. The molecule has 0 bridgehead atoms. The third-order valence-corrected chi connectivity index (χ3v) is 3.24. The number of nitrogens with one attached hydrogen (secondary N) is 1. The Balaban J connectivity index is 4.14. The Kier molecular flexibility index (Phi) is 11.4. The fraction of sp³-hybridized carbons (Fsp3) is 1.00. The van der Waals surface area contributed by atoms with E-state index in [2.05, 4.69) is 37.9 Å². The molecular formula is C16H36N2O2. The summed E-state index contributed by atoms with van der Waals surface area (Å²) >= 11 is 0. The zero-order chi connectivity index (χ0) is 15.4. The van der Waals surface area contributed by atoms with Crippen LogP contribution in [0.5, 0.6) is 0 Å². The molecular weight excluding hydrogens is 252 g/mol. The molecule has 0 saturated heterocycles. The second-order valence-electron chi connectivity index (χ2n) is 6.80. The van der Waals surface area contributed by atoms with Crippen LogP contribution in [0.1, 0.15) is 34.1 Å². The van der Waals surface area contributed by atoms with Crippen molar-refractivity contribution in [3.05, 3.63) is 0 Å². The Morgan fingerprint density at radius 1 is 1.05 bits per heavy atom. The van der Waals surface area contributed by atoms with Crippen LogP contribution < -0.4 is 5.32 Å². The molecule has 0 unspecified atom stereocenters. The standard InChI is InChI=1S/C16H36N2O2/c1-15(2)12-17-13-16(3,4)14-18(9-11-20-6)8-7-10-19-5/h15,17H,7-14H2,1-6H3. The summed E-state index contributed by atoms with van der Waals surface area (Å²) in [6.07, 6.45) is 1.08. The van der Waals surface area contributed by atoms with Gasteiger partial charge in [-0.25, -0.2) is 0 Å². The van der Waals surface area contributed by atoms with E-state index in [1.165, 1.54) is 0 Å². The first-order valence-electron chi connectivity index (χ1n) is 7.82. The van der Waals surface area contributed by atoms with Gasteiger partial charge in [-0.05, 0) is 24.3 Å². The van der Waals surface area contributed by atoms with Crippen molar-refractivity contribution in [1.29, 1.82) is 0 Å². The molecule has 1 N–H and O–H groups in total. The van der Waals surface area contributed by atoms with E-state index in [1.54, 1.807) is 14.2 Å². The summed E-state index contributed by atoms with van der Waals surface area (Å²) in [6.45, 7) is 16.1. The van der Waals surface area contributed by atoms with Crippen molar-refractivity contribution in [2.75, 3.05) is 60.2 Å². The predicted molar refractivity (Wildman–Crippen MR) is 86.3 cm³/mol. The van der Waals surface area contributed by atoms with Crippen LogP contribution >= 0.6 is 0 Å². The molecule has 0 aliphatic heterocycles. The quantitative estimate of drug-likeness (QED) is 0.527. The maximum Gasteiger partial charge on any atom is 0.0589 e. The highest BCUT2D eigenvalue weighted by molar-refractivity contribution is 4.77. The topological polar surface area (TPSA) is 33.7 Å². The maximum atomic E-state index is 5.22. The van der Waals surface area contributed by atoms with E-state index in [9.17, 15) is 0 Å². The van der Waals surface area contributed by atoms with E-state index in [1.807, 2.05) is 0 Å². The zero-order valence-electron chi connectivity index (χ0n) is 14.5. The van der Waals surface area contributed by atoms with Gasteiger partial charge in [0.2, 0.25) is 0 Å². The first-order chi connectivity index (χ1) is 9.41. The first kappa shape index (κ1) is 19.8. The van der Waals surface area contributed by atoms with E-state index < -0.39 is 0 Å². The number of ether oxygens (including phenoxy) is 2. The van der Waals surface area contributed by atoms with E-state index in [4.69, 9.17) is 9.47 Å². The Morgan fingerprint density at radius 3 is 2.25 bits per heavy atom. The number of hydrogen-bond acceptors (Lipinski definition) is 4. The van der Waals surface area contributed by atoms with Gasteiger partial charge in [-0.2, -0.15) is 0 Å². The highest BCUT2D eigenvalue weighted by atomic mass is 16.5. The van der Waals surface area contributed by atoms with Crippen molar-refractivity contribution in [2.45, 2.75) is 34.1 Å². The van der Waals surface area contributed by atoms with E-state index in [-0.39, 0.29) is 5.41 Å². The predicted octanol–water partition coefficient (Wildman–Crippen LogP) is 2.24. The number of rotatable bonds is 13. The molecule has 122 valence electrons. The van der Waals surface area contributed by atoms with Crippen LogP contribution in [0.4, 0.5) is 0 Å². The summed E-state index contributed by atoms with van der Waals surface area (Å²) < 4.78 is 10.4. The molecule has 20 heavy (non-hydrogen) atoms. The molecule has 0 amide bonds. The van der Waals surface area contributed by atoms with Crippen molar-refractivity contribution in [1.82, 2.24) is 10.2 Å². The van der Waals surface area contributed by atoms with Crippen molar-refractivity contribution in [3.8, 4) is 0 Å². The lowest BCUT2D eigenvalue weighted by Gasteiger charge is -2.33. The van der Waals surface area contributed by atoms with Crippen LogP contribution in [0.25, 0.3) is 0 Å². The third-order valence-electron chi connectivity index (χ3n) is 3.24. The summed E-state index contributed by atoms with van der Waals surface area (Å²) in [5.41, 5.74) is 0.274. The molecule has 4 heteroatoms. The Hall–Kier alpha value is -0.160. The summed E-state index contributed by atoms with van der Waals surface area (Å²) in [5, 5.41) is 3.57. The fourth-order valence-electron chi connectivity index (χ4n) is 2.28. The molecule has 0 aromatic heterocycles. The molecule has 0 rings (SSSR count). The molecule has 0 aliphatic carbocycles. The number of hydrogen-bond donors (Lipinski definition) is 1. The Bertz CT molecular complexity index is 221. The Labute approximate surface area is 126 Å². The fourth-order valence-corrected chi connectivity index (χ4v) is 2.28. The molecule has 0 spiro atoms. The van der Waals surface area contributed by atoms with Crippen LogP contribution in [0, 0.1) is 11.3 Å². The molecule has 0 heterocycles. The molecule has 0 fully saturated rings. The van der Waals surface area contributed by atoms with Crippen LogP contribution in [0.15, 0.2) is 0 Å². The van der Waals surface area contributed by atoms with Crippen molar-refractivity contribution in [3.63, 3.8) is 0 Å². The average molecular weight is 288 g/mol. The van der Waals surface area contributed by atoms with Gasteiger partial charge in [-0.1, -0.05) is 27.7 Å². The van der Waals surface area contributed by atoms with Gasteiger partial charge in [-0.15, -0.1) is 0 Å². The second-order valence-corrected chi connectivity index (χ2v) is 6.80. The molecule has 0 aromatic rings. The van der Waals surface area contributed by atoms with E-state index in [0.29, 0.717) is 5.92 Å². The summed E-state index contributed by atoms with van der Waals surface area (Å²) in [5.74, 6) is 0.706. The lowest BCUT2D eigenvalue weighted by molar-refractivity contribution is 0.105. The van der Waals surface area contributed by atoms with Crippen molar-refractivity contribution in [2.24, 2.45) is 11.3 Å². The lowest BCUT2D eigenvalue weighted by atomic mass is 9.92. The monoisotopic (exact) mass is 288 g/mol. The van der Waals surface area contributed by atoms with Gasteiger partial charge in [0.25, 0.3) is 0 Å². The molecule has 0 radical (unpaired) electrons. The minimum Gasteiger partial charge on any atom is -0.385 e. The van der Waals surface area contributed by atoms with Crippen LogP contribution in [0.2, 0.25) is 0 Å². The van der Waals surface area contributed by atoms with Gasteiger partial charge in [0.05, 0.1) is 6.61 Å². The highest BCUT2D eigenvalue weighted by Crippen LogP contribution is 2.16. The molecule has 0 saturated carbocycles. The SMILES string of the molecule is COCCCN(CCOC)CC(C)(C)CNCC(C)C. The van der Waals surface area contributed by atoms with Crippen molar-refractivity contribution < 1.29 is 9.47 Å². The van der Waals surface area contributed by atoms with Crippen LogP contribution in [0.3, 0.4) is 0 Å². The van der Waals surface area contributed by atoms with Gasteiger partial charge in [0, 0.05) is 47.0 Å². The minimum atomic E-state index is 0.274. The third kappa shape index (κ3) is 11.6. The highest BCUT2D eigenvalue weighted by Gasteiger charge is 2.21. The smallest absolute Gasteiger partial charge is 0.0589 e. The number of nitrogens with zero attached hydrogens (tertiary/aromatic N) is 1. The average Bonchev–Trinajstić information content (AvgIpc) is 2.35. The van der Waals surface area contributed by atoms with Gasteiger partial charge in [0.1, 0.15) is 0 Å². The molecule has 0 atom stereocenters. The lowest BCUT2D eigenvalue weighted by Crippen LogP contribution is -2.42. The zero-order valence-corrected chi connectivity index (χ0v) is 14.5. The van der Waals surface area contributed by atoms with E-state index >= 15 is 0 Å². The van der Waals surface area contributed by atoms with Crippen LogP contribution in [-0.2, 0) is 9.47 Å². The normalized spacial score (nSPS) is 12.6. The maximum absolute atomic E-state index is 5.22.